The maximum absolute atomic E-state index is 12.8. The van der Waals surface area contributed by atoms with Gasteiger partial charge in [-0.05, 0) is 30.9 Å². The molecule has 0 saturated heterocycles. The Labute approximate surface area is 157 Å². The normalized spacial score (nSPS) is 13.7. The molecule has 27 heavy (non-hydrogen) atoms. The molecule has 0 spiro atoms. The lowest BCUT2D eigenvalue weighted by molar-refractivity contribution is -0.148. The number of para-hydroxylation sites is 1. The number of amides is 1. The number of carbonyl (C=O) groups excluding carboxylic acids is 2. The van der Waals surface area contributed by atoms with Crippen molar-refractivity contribution in [2.24, 2.45) is 5.92 Å². The summed E-state index contributed by atoms with van der Waals surface area (Å²) in [5, 5.41) is 3.29. The lowest BCUT2D eigenvalue weighted by Crippen LogP contribution is -2.31. The molecule has 0 radical (unpaired) electrons. The van der Waals surface area contributed by atoms with Gasteiger partial charge in [0, 0.05) is 19.0 Å². The number of ether oxygens (including phenoxy) is 1. The first-order valence-electron chi connectivity index (χ1n) is 9.38. The highest BCUT2D eigenvalue weighted by Gasteiger charge is 2.28. The largest absolute Gasteiger partial charge is 0.456 e. The molecular formula is C20H25N3O4. The first-order valence-corrected chi connectivity index (χ1v) is 9.38. The van der Waals surface area contributed by atoms with Crippen molar-refractivity contribution in [2.75, 3.05) is 13.2 Å². The molecule has 1 fully saturated rings. The van der Waals surface area contributed by atoms with E-state index in [4.69, 9.17) is 4.74 Å². The van der Waals surface area contributed by atoms with Crippen LogP contribution in [0.2, 0.25) is 0 Å². The van der Waals surface area contributed by atoms with Gasteiger partial charge in [-0.25, -0.2) is 4.98 Å². The molecule has 7 nitrogen and oxygen atoms in total. The first kappa shape index (κ1) is 19.1. The van der Waals surface area contributed by atoms with Gasteiger partial charge in [-0.15, -0.1) is 0 Å². The van der Waals surface area contributed by atoms with Gasteiger partial charge in [0.15, 0.2) is 6.61 Å². The number of hydrogen-bond acceptors (Lipinski definition) is 5. The van der Waals surface area contributed by atoms with Gasteiger partial charge in [-0.1, -0.05) is 26.0 Å². The summed E-state index contributed by atoms with van der Waals surface area (Å²) in [5.74, 6) is 0.153. The van der Waals surface area contributed by atoms with Gasteiger partial charge in [-0.3, -0.25) is 19.0 Å². The monoisotopic (exact) mass is 371 g/mol. The maximum Gasteiger partial charge on any atom is 0.306 e. The minimum absolute atomic E-state index is 0.0560. The number of rotatable bonds is 8. The highest BCUT2D eigenvalue weighted by Crippen LogP contribution is 2.34. The van der Waals surface area contributed by atoms with E-state index < -0.39 is 5.97 Å². The van der Waals surface area contributed by atoms with Gasteiger partial charge >= 0.3 is 5.97 Å². The lowest BCUT2D eigenvalue weighted by atomic mass is 10.2. The van der Waals surface area contributed by atoms with Crippen LogP contribution in [0.3, 0.4) is 0 Å². The smallest absolute Gasteiger partial charge is 0.306 e. The zero-order valence-corrected chi connectivity index (χ0v) is 15.7. The number of aromatic nitrogens is 2. The van der Waals surface area contributed by atoms with Gasteiger partial charge in [-0.2, -0.15) is 0 Å². The first-order chi connectivity index (χ1) is 13.0. The van der Waals surface area contributed by atoms with Crippen molar-refractivity contribution >= 4 is 22.8 Å². The van der Waals surface area contributed by atoms with Crippen LogP contribution in [0, 0.1) is 5.92 Å². The van der Waals surface area contributed by atoms with E-state index in [1.807, 2.05) is 26.0 Å². The lowest BCUT2D eigenvalue weighted by Gasteiger charge is -2.13. The van der Waals surface area contributed by atoms with Gasteiger partial charge in [0.1, 0.15) is 5.82 Å². The maximum atomic E-state index is 12.8. The number of hydrogen-bond donors (Lipinski definition) is 1. The van der Waals surface area contributed by atoms with E-state index in [0.717, 1.165) is 12.8 Å². The van der Waals surface area contributed by atoms with Crippen molar-refractivity contribution in [3.8, 4) is 0 Å². The van der Waals surface area contributed by atoms with E-state index in [2.05, 4.69) is 10.3 Å². The van der Waals surface area contributed by atoms with Crippen LogP contribution in [0.4, 0.5) is 0 Å². The molecule has 1 aromatic carbocycles. The molecule has 1 aromatic heterocycles. The standard InChI is InChI=1S/C20H25N3O4/c1-13(2)11-21-18(24)12-27-19(25)10-9-17-22-16-6-4-3-5-15(16)20(26)23(17)14-7-8-14/h3-6,13-14H,7-12H2,1-2H3,(H,21,24). The van der Waals surface area contributed by atoms with E-state index in [-0.39, 0.29) is 30.5 Å². The molecule has 1 aliphatic rings. The molecule has 0 bridgehead atoms. The van der Waals surface area contributed by atoms with E-state index in [1.54, 1.807) is 16.7 Å². The summed E-state index contributed by atoms with van der Waals surface area (Å²) < 4.78 is 6.74. The zero-order chi connectivity index (χ0) is 19.4. The van der Waals surface area contributed by atoms with Crippen molar-refractivity contribution in [3.05, 3.63) is 40.4 Å². The molecule has 3 rings (SSSR count). The van der Waals surface area contributed by atoms with Crippen LogP contribution in [0.15, 0.2) is 29.1 Å². The van der Waals surface area contributed by atoms with Crippen LogP contribution >= 0.6 is 0 Å². The molecule has 2 aromatic rings. The minimum atomic E-state index is -0.473. The molecule has 1 heterocycles. The Balaban J connectivity index is 1.63. The zero-order valence-electron chi connectivity index (χ0n) is 15.7. The fourth-order valence-electron chi connectivity index (χ4n) is 2.88. The van der Waals surface area contributed by atoms with Crippen molar-refractivity contribution < 1.29 is 14.3 Å². The van der Waals surface area contributed by atoms with Crippen LogP contribution in [-0.2, 0) is 20.7 Å². The summed E-state index contributed by atoms with van der Waals surface area (Å²) >= 11 is 0. The number of aryl methyl sites for hydroxylation is 1. The third kappa shape index (κ3) is 4.93. The number of nitrogens with one attached hydrogen (secondary N) is 1. The van der Waals surface area contributed by atoms with Gasteiger partial charge in [0.25, 0.3) is 11.5 Å². The van der Waals surface area contributed by atoms with E-state index in [0.29, 0.717) is 35.6 Å². The SMILES string of the molecule is CC(C)CNC(=O)COC(=O)CCc1nc2ccccc2c(=O)n1C1CC1. The number of carbonyl (C=O) groups is 2. The molecule has 1 amide bonds. The molecule has 1 aliphatic carbocycles. The average molecular weight is 371 g/mol. The summed E-state index contributed by atoms with van der Waals surface area (Å²) in [4.78, 5) is 41.0. The summed E-state index contributed by atoms with van der Waals surface area (Å²) in [6.07, 6.45) is 2.29. The van der Waals surface area contributed by atoms with Crippen LogP contribution in [0.25, 0.3) is 10.9 Å². The molecule has 1 N–H and O–H groups in total. The fraction of sp³-hybridized carbons (Fsp3) is 0.500. The van der Waals surface area contributed by atoms with E-state index in [1.165, 1.54) is 0 Å². The minimum Gasteiger partial charge on any atom is -0.456 e. The second-order valence-electron chi connectivity index (χ2n) is 7.31. The molecular weight excluding hydrogens is 346 g/mol. The van der Waals surface area contributed by atoms with Crippen molar-refractivity contribution in [1.82, 2.24) is 14.9 Å². The molecule has 0 aliphatic heterocycles. The Kier molecular flexibility index (Phi) is 5.88. The Morgan fingerprint density at radius 3 is 2.74 bits per heavy atom. The fourth-order valence-corrected chi connectivity index (χ4v) is 2.88. The van der Waals surface area contributed by atoms with Crippen molar-refractivity contribution in [1.29, 1.82) is 0 Å². The summed E-state index contributed by atoms with van der Waals surface area (Å²) in [6, 6.07) is 7.41. The molecule has 0 atom stereocenters. The Hall–Kier alpha value is -2.70. The molecule has 1 saturated carbocycles. The van der Waals surface area contributed by atoms with Crippen LogP contribution in [0.1, 0.15) is 45.0 Å². The summed E-state index contributed by atoms with van der Waals surface area (Å²) in [7, 11) is 0. The van der Waals surface area contributed by atoms with E-state index in [9.17, 15) is 14.4 Å². The van der Waals surface area contributed by atoms with Gasteiger partial charge < -0.3 is 10.1 Å². The Morgan fingerprint density at radius 1 is 1.30 bits per heavy atom. The molecule has 144 valence electrons. The third-order valence-corrected chi connectivity index (χ3v) is 4.42. The predicted octanol–water partition coefficient (Wildman–Crippen LogP) is 1.98. The van der Waals surface area contributed by atoms with Gasteiger partial charge in [0.05, 0.1) is 17.3 Å². The van der Waals surface area contributed by atoms with Gasteiger partial charge in [0.2, 0.25) is 0 Å². The Bertz CT molecular complexity index is 900. The second-order valence-corrected chi connectivity index (χ2v) is 7.31. The van der Waals surface area contributed by atoms with Crippen LogP contribution in [-0.4, -0.2) is 34.6 Å². The third-order valence-electron chi connectivity index (χ3n) is 4.42. The highest BCUT2D eigenvalue weighted by atomic mass is 16.5. The quantitative estimate of drug-likeness (QED) is 0.717. The molecule has 0 unspecified atom stereocenters. The number of esters is 1. The summed E-state index contributed by atoms with van der Waals surface area (Å²) in [5.41, 5.74) is 0.579. The van der Waals surface area contributed by atoms with E-state index >= 15 is 0 Å². The summed E-state index contributed by atoms with van der Waals surface area (Å²) in [6.45, 7) is 4.24. The van der Waals surface area contributed by atoms with Crippen molar-refractivity contribution in [3.63, 3.8) is 0 Å². The predicted molar refractivity (Wildman–Crippen MR) is 101 cm³/mol. The van der Waals surface area contributed by atoms with Crippen LogP contribution < -0.4 is 10.9 Å². The number of nitrogens with zero attached hydrogens (tertiary/aromatic N) is 2. The Morgan fingerprint density at radius 2 is 2.04 bits per heavy atom. The highest BCUT2D eigenvalue weighted by molar-refractivity contribution is 5.80. The molecule has 7 heteroatoms. The van der Waals surface area contributed by atoms with Crippen molar-refractivity contribution in [2.45, 2.75) is 45.6 Å². The number of fused-ring (bicyclic) bond motifs is 1. The second kappa shape index (κ2) is 8.33. The topological polar surface area (TPSA) is 90.3 Å². The number of benzene rings is 1. The van der Waals surface area contributed by atoms with Crippen LogP contribution in [0.5, 0.6) is 0 Å². The average Bonchev–Trinajstić information content (AvgIpc) is 3.48.